The van der Waals surface area contributed by atoms with E-state index in [9.17, 15) is 21.5 Å². The highest BCUT2D eigenvalue weighted by molar-refractivity contribution is 7.86. The molecule has 0 aromatic heterocycles. The first-order valence-electron chi connectivity index (χ1n) is 5.55. The molecule has 0 saturated carbocycles. The maximum atomic E-state index is 14.0. The van der Waals surface area contributed by atoms with Gasteiger partial charge in [-0.15, -0.1) is 3.89 Å². The molecule has 1 aliphatic rings. The Labute approximate surface area is 124 Å². The van der Waals surface area contributed by atoms with Crippen molar-refractivity contribution in [2.24, 2.45) is 5.92 Å². The van der Waals surface area contributed by atoms with Gasteiger partial charge in [0.1, 0.15) is 0 Å². The van der Waals surface area contributed by atoms with Gasteiger partial charge >= 0.3 is 10.2 Å². The van der Waals surface area contributed by atoms with Crippen LogP contribution in [0.5, 0.6) is 0 Å². The SMILES string of the molecule is O=C1CC(CS(=O)(=O)F)CN1c1ccc(Cl)c(Cl)c1F. The van der Waals surface area contributed by atoms with Gasteiger partial charge in [0.15, 0.2) is 5.82 Å². The number of hydrogen-bond donors (Lipinski definition) is 0. The molecule has 1 amide bonds. The number of nitrogens with zero attached hydrogens (tertiary/aromatic N) is 1. The molecule has 1 atom stereocenters. The minimum Gasteiger partial charge on any atom is -0.309 e. The molecule has 0 radical (unpaired) electrons. The molecule has 0 spiro atoms. The predicted octanol–water partition coefficient (Wildman–Crippen LogP) is 2.78. The van der Waals surface area contributed by atoms with Gasteiger partial charge in [-0.25, -0.2) is 4.39 Å². The van der Waals surface area contributed by atoms with Crippen molar-refractivity contribution >= 4 is 45.0 Å². The van der Waals surface area contributed by atoms with Crippen LogP contribution in [0.25, 0.3) is 0 Å². The first kappa shape index (κ1) is 15.5. The molecule has 9 heteroatoms. The van der Waals surface area contributed by atoms with Crippen LogP contribution in [-0.2, 0) is 15.0 Å². The molecule has 1 aliphatic heterocycles. The van der Waals surface area contributed by atoms with Crippen LogP contribution >= 0.6 is 23.2 Å². The number of carbonyl (C=O) groups excluding carboxylic acids is 1. The Bertz CT molecular complexity index is 666. The van der Waals surface area contributed by atoms with E-state index in [4.69, 9.17) is 23.2 Å². The molecule has 1 heterocycles. The molecule has 1 saturated heterocycles. The minimum atomic E-state index is -4.68. The summed E-state index contributed by atoms with van der Waals surface area (Å²) in [6.07, 6.45) is -0.164. The molecule has 0 bridgehead atoms. The van der Waals surface area contributed by atoms with Crippen molar-refractivity contribution in [3.8, 4) is 0 Å². The highest BCUT2D eigenvalue weighted by Crippen LogP contribution is 2.35. The van der Waals surface area contributed by atoms with E-state index in [1.54, 1.807) is 0 Å². The zero-order chi connectivity index (χ0) is 15.1. The van der Waals surface area contributed by atoms with Crippen LogP contribution in [-0.4, -0.2) is 26.6 Å². The van der Waals surface area contributed by atoms with Gasteiger partial charge in [-0.2, -0.15) is 8.42 Å². The fourth-order valence-electron chi connectivity index (χ4n) is 2.13. The fourth-order valence-corrected chi connectivity index (χ4v) is 3.22. The summed E-state index contributed by atoms with van der Waals surface area (Å²) in [5, 5.41) is -0.319. The number of hydrogen-bond acceptors (Lipinski definition) is 3. The molecule has 4 nitrogen and oxygen atoms in total. The van der Waals surface area contributed by atoms with E-state index in [1.807, 2.05) is 0 Å². The monoisotopic (exact) mass is 343 g/mol. The number of halogens is 4. The lowest BCUT2D eigenvalue weighted by atomic mass is 10.1. The van der Waals surface area contributed by atoms with E-state index in [0.29, 0.717) is 0 Å². The Morgan fingerprint density at radius 2 is 2.00 bits per heavy atom. The number of amides is 1. The number of anilines is 1. The smallest absolute Gasteiger partial charge is 0.302 e. The summed E-state index contributed by atoms with van der Waals surface area (Å²) in [6, 6.07) is 2.60. The van der Waals surface area contributed by atoms with Gasteiger partial charge in [0, 0.05) is 18.9 Å². The quantitative estimate of drug-likeness (QED) is 0.626. The summed E-state index contributed by atoms with van der Waals surface area (Å²) in [7, 11) is -4.68. The summed E-state index contributed by atoms with van der Waals surface area (Å²) < 4.78 is 47.8. The van der Waals surface area contributed by atoms with Crippen LogP contribution in [0.1, 0.15) is 6.42 Å². The molecule has 1 fully saturated rings. The standard InChI is InChI=1S/C11H9Cl2F2NO3S/c12-7-1-2-8(11(14)10(7)13)16-4-6(3-9(16)17)5-20(15,18)19/h1-2,6H,3-5H2. The van der Waals surface area contributed by atoms with Crippen molar-refractivity contribution in [3.63, 3.8) is 0 Å². The lowest BCUT2D eigenvalue weighted by Gasteiger charge is -2.18. The number of benzene rings is 1. The lowest BCUT2D eigenvalue weighted by molar-refractivity contribution is -0.117. The van der Waals surface area contributed by atoms with Gasteiger partial charge in [-0.3, -0.25) is 4.79 Å². The van der Waals surface area contributed by atoms with E-state index in [-0.39, 0.29) is 28.7 Å². The van der Waals surface area contributed by atoms with Crippen molar-refractivity contribution in [1.82, 2.24) is 0 Å². The second-order valence-electron chi connectivity index (χ2n) is 4.47. The Balaban J connectivity index is 2.27. The molecule has 1 aromatic carbocycles. The summed E-state index contributed by atoms with van der Waals surface area (Å²) in [5.74, 6) is -2.84. The maximum Gasteiger partial charge on any atom is 0.302 e. The normalized spacial score (nSPS) is 19.7. The highest BCUT2D eigenvalue weighted by atomic mass is 35.5. The second-order valence-corrected chi connectivity index (χ2v) is 6.67. The van der Waals surface area contributed by atoms with E-state index in [2.05, 4.69) is 0 Å². The van der Waals surface area contributed by atoms with Crippen molar-refractivity contribution in [1.29, 1.82) is 0 Å². The largest absolute Gasteiger partial charge is 0.309 e. The zero-order valence-corrected chi connectivity index (χ0v) is 12.3. The fraction of sp³-hybridized carbons (Fsp3) is 0.364. The molecule has 2 rings (SSSR count). The highest BCUT2D eigenvalue weighted by Gasteiger charge is 2.35. The Hall–Kier alpha value is -0.920. The molecule has 0 aliphatic carbocycles. The maximum absolute atomic E-state index is 14.0. The molecule has 1 aromatic rings. The van der Waals surface area contributed by atoms with Crippen LogP contribution in [0, 0.1) is 11.7 Å². The molecule has 110 valence electrons. The molecule has 20 heavy (non-hydrogen) atoms. The molecular weight excluding hydrogens is 335 g/mol. The Morgan fingerprint density at radius 3 is 2.60 bits per heavy atom. The topological polar surface area (TPSA) is 54.5 Å². The van der Waals surface area contributed by atoms with Gasteiger partial charge in [0.05, 0.1) is 21.5 Å². The third kappa shape index (κ3) is 3.21. The van der Waals surface area contributed by atoms with Crippen LogP contribution in [0.4, 0.5) is 14.0 Å². The van der Waals surface area contributed by atoms with Crippen molar-refractivity contribution in [3.05, 3.63) is 28.0 Å². The van der Waals surface area contributed by atoms with Crippen molar-refractivity contribution in [2.45, 2.75) is 6.42 Å². The van der Waals surface area contributed by atoms with Gasteiger partial charge < -0.3 is 4.90 Å². The van der Waals surface area contributed by atoms with Gasteiger partial charge in [-0.1, -0.05) is 23.2 Å². The first-order valence-corrected chi connectivity index (χ1v) is 7.86. The summed E-state index contributed by atoms with van der Waals surface area (Å²) in [6.45, 7) is -0.0864. The zero-order valence-electron chi connectivity index (χ0n) is 9.95. The third-order valence-electron chi connectivity index (χ3n) is 2.95. The average molecular weight is 344 g/mol. The summed E-state index contributed by atoms with van der Waals surface area (Å²) in [4.78, 5) is 12.8. The lowest BCUT2D eigenvalue weighted by Crippen LogP contribution is -2.26. The first-order chi connectivity index (χ1) is 9.19. The molecular formula is C11H9Cl2F2NO3S. The van der Waals surface area contributed by atoms with Gasteiger partial charge in [0.2, 0.25) is 5.91 Å². The van der Waals surface area contributed by atoms with Gasteiger partial charge in [-0.05, 0) is 12.1 Å². The van der Waals surface area contributed by atoms with Crippen molar-refractivity contribution < 1.29 is 21.5 Å². The summed E-state index contributed by atoms with van der Waals surface area (Å²) >= 11 is 11.3. The van der Waals surface area contributed by atoms with E-state index in [0.717, 1.165) is 4.90 Å². The Morgan fingerprint density at radius 1 is 1.35 bits per heavy atom. The van der Waals surface area contributed by atoms with E-state index in [1.165, 1.54) is 12.1 Å². The number of rotatable bonds is 3. The minimum absolute atomic E-state index is 0.00227. The molecule has 0 N–H and O–H groups in total. The number of carbonyl (C=O) groups is 1. The second kappa shape index (κ2) is 5.46. The van der Waals surface area contributed by atoms with Crippen LogP contribution in [0.15, 0.2) is 12.1 Å². The Kier molecular flexibility index (Phi) is 4.22. The van der Waals surface area contributed by atoms with E-state index >= 15 is 0 Å². The van der Waals surface area contributed by atoms with Crippen LogP contribution in [0.3, 0.4) is 0 Å². The van der Waals surface area contributed by atoms with Gasteiger partial charge in [0.25, 0.3) is 0 Å². The van der Waals surface area contributed by atoms with Crippen LogP contribution in [0.2, 0.25) is 10.0 Å². The third-order valence-corrected chi connectivity index (χ3v) is 4.60. The molecule has 1 unspecified atom stereocenters. The predicted molar refractivity (Wildman–Crippen MR) is 71.8 cm³/mol. The van der Waals surface area contributed by atoms with Crippen LogP contribution < -0.4 is 4.90 Å². The average Bonchev–Trinajstić information content (AvgIpc) is 2.65. The van der Waals surface area contributed by atoms with E-state index < -0.39 is 33.6 Å². The van der Waals surface area contributed by atoms with Crippen molar-refractivity contribution in [2.75, 3.05) is 17.2 Å². The summed E-state index contributed by atoms with van der Waals surface area (Å²) in [5.41, 5.74) is -0.0943.